The molecule has 0 fully saturated rings. The van der Waals surface area contributed by atoms with E-state index in [1.54, 1.807) is 29.2 Å². The van der Waals surface area contributed by atoms with E-state index >= 15 is 0 Å². The van der Waals surface area contributed by atoms with Crippen molar-refractivity contribution in [3.8, 4) is 5.69 Å². The van der Waals surface area contributed by atoms with Crippen LogP contribution in [-0.2, 0) is 0 Å². The van der Waals surface area contributed by atoms with E-state index in [0.717, 1.165) is 4.47 Å². The zero-order chi connectivity index (χ0) is 24.2. The van der Waals surface area contributed by atoms with Crippen molar-refractivity contribution >= 4 is 38.6 Å². The predicted octanol–water partition coefficient (Wildman–Crippen LogP) is 6.29. The molecule has 6 nitrogen and oxygen atoms in total. The third-order valence-corrected chi connectivity index (χ3v) is 6.26. The number of rotatable bonds is 6. The highest BCUT2D eigenvalue weighted by Crippen LogP contribution is 2.26. The van der Waals surface area contributed by atoms with Crippen molar-refractivity contribution in [1.29, 1.82) is 0 Å². The maximum absolute atomic E-state index is 13.6. The standard InChI is InChI=1S/C26H24BrFN4O2/c1-3-16-31(26(34)30-23-11-7-5-9-21(23)27)17(2)24-29-22-10-6-4-8-20(22)25(33)32(24)19-14-12-18(28)13-15-19/h4-15,17H,3,16H2,1-2H3,(H,30,34). The Morgan fingerprint density at radius 1 is 1.09 bits per heavy atom. The Hall–Kier alpha value is -3.52. The average molecular weight is 523 g/mol. The van der Waals surface area contributed by atoms with E-state index in [1.165, 1.54) is 28.8 Å². The van der Waals surface area contributed by atoms with E-state index in [4.69, 9.17) is 4.98 Å². The molecule has 0 saturated heterocycles. The number of benzene rings is 3. The molecule has 1 aromatic heterocycles. The van der Waals surface area contributed by atoms with Gasteiger partial charge in [0.25, 0.3) is 5.56 Å². The van der Waals surface area contributed by atoms with Gasteiger partial charge in [-0.3, -0.25) is 9.36 Å². The summed E-state index contributed by atoms with van der Waals surface area (Å²) in [6, 6.07) is 19.2. The van der Waals surface area contributed by atoms with Crippen LogP contribution in [0.15, 0.2) is 82.1 Å². The van der Waals surface area contributed by atoms with E-state index in [-0.39, 0.29) is 11.6 Å². The second kappa shape index (κ2) is 10.2. The lowest BCUT2D eigenvalue weighted by atomic mass is 10.2. The van der Waals surface area contributed by atoms with Gasteiger partial charge in [0.15, 0.2) is 0 Å². The Balaban J connectivity index is 1.83. The van der Waals surface area contributed by atoms with Crippen molar-refractivity contribution < 1.29 is 9.18 Å². The van der Waals surface area contributed by atoms with Gasteiger partial charge in [-0.2, -0.15) is 0 Å². The van der Waals surface area contributed by atoms with Crippen molar-refractivity contribution in [3.05, 3.63) is 99.3 Å². The summed E-state index contributed by atoms with van der Waals surface area (Å²) in [4.78, 5) is 33.3. The summed E-state index contributed by atoms with van der Waals surface area (Å²) in [5, 5.41) is 3.39. The van der Waals surface area contributed by atoms with Crippen molar-refractivity contribution in [2.75, 3.05) is 11.9 Å². The number of nitrogens with one attached hydrogen (secondary N) is 1. The first-order chi connectivity index (χ1) is 16.4. The number of hydrogen-bond donors (Lipinski definition) is 1. The van der Waals surface area contributed by atoms with Crippen LogP contribution in [-0.4, -0.2) is 27.0 Å². The van der Waals surface area contributed by atoms with Crippen LogP contribution in [0, 0.1) is 5.82 Å². The van der Waals surface area contributed by atoms with Crippen LogP contribution in [0.3, 0.4) is 0 Å². The van der Waals surface area contributed by atoms with Crippen LogP contribution >= 0.6 is 15.9 Å². The Kier molecular flexibility index (Phi) is 7.07. The molecule has 1 heterocycles. The zero-order valence-corrected chi connectivity index (χ0v) is 20.4. The van der Waals surface area contributed by atoms with Crippen LogP contribution in [0.5, 0.6) is 0 Å². The van der Waals surface area contributed by atoms with Gasteiger partial charge in [-0.05, 0) is 77.8 Å². The van der Waals surface area contributed by atoms with E-state index in [1.807, 2.05) is 38.1 Å². The van der Waals surface area contributed by atoms with Gasteiger partial charge in [0.05, 0.1) is 28.3 Å². The molecule has 174 valence electrons. The molecule has 4 aromatic rings. The number of urea groups is 1. The van der Waals surface area contributed by atoms with Gasteiger partial charge in [0.2, 0.25) is 0 Å². The number of aromatic nitrogens is 2. The molecule has 34 heavy (non-hydrogen) atoms. The van der Waals surface area contributed by atoms with Gasteiger partial charge in [0.1, 0.15) is 11.6 Å². The largest absolute Gasteiger partial charge is 0.322 e. The number of para-hydroxylation sites is 2. The maximum atomic E-state index is 13.6. The number of fused-ring (bicyclic) bond motifs is 1. The quantitative estimate of drug-likeness (QED) is 0.323. The number of nitrogens with zero attached hydrogens (tertiary/aromatic N) is 3. The Labute approximate surface area is 205 Å². The summed E-state index contributed by atoms with van der Waals surface area (Å²) in [6.07, 6.45) is 0.710. The highest BCUT2D eigenvalue weighted by atomic mass is 79.9. The van der Waals surface area contributed by atoms with Gasteiger partial charge in [0, 0.05) is 11.0 Å². The molecular formula is C26H24BrFN4O2. The van der Waals surface area contributed by atoms with E-state index < -0.39 is 11.9 Å². The predicted molar refractivity (Wildman–Crippen MR) is 136 cm³/mol. The van der Waals surface area contributed by atoms with Gasteiger partial charge >= 0.3 is 6.03 Å². The summed E-state index contributed by atoms with van der Waals surface area (Å²) in [7, 11) is 0. The fourth-order valence-corrected chi connectivity index (χ4v) is 4.25. The molecule has 1 N–H and O–H groups in total. The van der Waals surface area contributed by atoms with Gasteiger partial charge in [-0.1, -0.05) is 31.2 Å². The molecular weight excluding hydrogens is 499 g/mol. The van der Waals surface area contributed by atoms with Gasteiger partial charge in [-0.15, -0.1) is 0 Å². The first-order valence-corrected chi connectivity index (χ1v) is 11.8. The van der Waals surface area contributed by atoms with E-state index in [0.29, 0.717) is 41.1 Å². The minimum atomic E-state index is -0.551. The summed E-state index contributed by atoms with van der Waals surface area (Å²) < 4.78 is 15.8. The summed E-state index contributed by atoms with van der Waals surface area (Å²) in [6.45, 7) is 4.27. The molecule has 0 aliphatic carbocycles. The number of hydrogen-bond acceptors (Lipinski definition) is 3. The first-order valence-electron chi connectivity index (χ1n) is 11.0. The molecule has 0 radical (unpaired) electrons. The topological polar surface area (TPSA) is 67.2 Å². The van der Waals surface area contributed by atoms with Crippen molar-refractivity contribution in [2.45, 2.75) is 26.3 Å². The highest BCUT2D eigenvalue weighted by Gasteiger charge is 2.27. The lowest BCUT2D eigenvalue weighted by Crippen LogP contribution is -2.40. The Bertz CT molecular complexity index is 1390. The zero-order valence-electron chi connectivity index (χ0n) is 18.8. The molecule has 0 aliphatic rings. The summed E-state index contributed by atoms with van der Waals surface area (Å²) >= 11 is 3.46. The molecule has 8 heteroatoms. The lowest BCUT2D eigenvalue weighted by Gasteiger charge is -2.30. The van der Waals surface area contributed by atoms with Crippen LogP contribution in [0.25, 0.3) is 16.6 Å². The first kappa shape index (κ1) is 23.6. The summed E-state index contributed by atoms with van der Waals surface area (Å²) in [5.41, 5.74) is 1.38. The molecule has 1 atom stereocenters. The van der Waals surface area contributed by atoms with Crippen molar-refractivity contribution in [2.24, 2.45) is 0 Å². The number of amides is 2. The number of anilines is 1. The fourth-order valence-electron chi connectivity index (χ4n) is 3.87. The third-order valence-electron chi connectivity index (χ3n) is 5.57. The second-order valence-corrected chi connectivity index (χ2v) is 8.74. The minimum Gasteiger partial charge on any atom is -0.315 e. The number of carbonyl (C=O) groups is 1. The van der Waals surface area contributed by atoms with Gasteiger partial charge in [-0.25, -0.2) is 14.2 Å². The Morgan fingerprint density at radius 3 is 2.47 bits per heavy atom. The molecule has 0 bridgehead atoms. The van der Waals surface area contributed by atoms with Crippen LogP contribution in [0.2, 0.25) is 0 Å². The average Bonchev–Trinajstić information content (AvgIpc) is 2.84. The van der Waals surface area contributed by atoms with Gasteiger partial charge < -0.3 is 10.2 Å². The monoisotopic (exact) mass is 522 g/mol. The van der Waals surface area contributed by atoms with Crippen molar-refractivity contribution in [3.63, 3.8) is 0 Å². The highest BCUT2D eigenvalue weighted by molar-refractivity contribution is 9.10. The smallest absolute Gasteiger partial charge is 0.315 e. The molecule has 0 aliphatic heterocycles. The molecule has 1 unspecified atom stereocenters. The fraction of sp³-hybridized carbons (Fsp3) is 0.192. The molecule has 2 amide bonds. The van der Waals surface area contributed by atoms with Crippen molar-refractivity contribution in [1.82, 2.24) is 14.5 Å². The molecule has 4 rings (SSSR count). The van der Waals surface area contributed by atoms with Crippen LogP contribution in [0.4, 0.5) is 14.9 Å². The third kappa shape index (κ3) is 4.72. The number of carbonyl (C=O) groups excluding carboxylic acids is 1. The molecule has 0 spiro atoms. The molecule has 0 saturated carbocycles. The lowest BCUT2D eigenvalue weighted by molar-refractivity contribution is 0.189. The van der Waals surface area contributed by atoms with E-state index in [2.05, 4.69) is 21.2 Å². The second-order valence-electron chi connectivity index (χ2n) is 7.88. The van der Waals surface area contributed by atoms with E-state index in [9.17, 15) is 14.0 Å². The van der Waals surface area contributed by atoms with Crippen LogP contribution < -0.4 is 10.9 Å². The normalized spacial score (nSPS) is 11.9. The summed E-state index contributed by atoms with van der Waals surface area (Å²) in [5.74, 6) is -0.00777. The molecule has 3 aromatic carbocycles. The van der Waals surface area contributed by atoms with Crippen LogP contribution in [0.1, 0.15) is 32.1 Å². The Morgan fingerprint density at radius 2 is 1.76 bits per heavy atom. The number of halogens is 2. The SMILES string of the molecule is CCCN(C(=O)Nc1ccccc1Br)C(C)c1nc2ccccc2c(=O)n1-c1ccc(F)cc1. The maximum Gasteiger partial charge on any atom is 0.322 e. The minimum absolute atomic E-state index is 0.276.